The Labute approximate surface area is 130 Å². The predicted molar refractivity (Wildman–Crippen MR) is 86.7 cm³/mol. The molecule has 0 fully saturated rings. The van der Waals surface area contributed by atoms with Crippen LogP contribution in [0, 0.1) is 4.51 Å². The molecule has 2 aromatic carbocycles. The molecule has 2 heterocycles. The van der Waals surface area contributed by atoms with Gasteiger partial charge in [0.05, 0.1) is 15.5 Å². The summed E-state index contributed by atoms with van der Waals surface area (Å²) >= 11 is 11.5. The van der Waals surface area contributed by atoms with Crippen molar-refractivity contribution in [2.24, 2.45) is 0 Å². The van der Waals surface area contributed by atoms with E-state index >= 15 is 0 Å². The summed E-state index contributed by atoms with van der Waals surface area (Å²) in [5.41, 5.74) is 2.60. The van der Waals surface area contributed by atoms with Crippen molar-refractivity contribution in [3.05, 3.63) is 64.4 Å². The van der Waals surface area contributed by atoms with Crippen molar-refractivity contribution in [3.63, 3.8) is 0 Å². The third kappa shape index (κ3) is 2.04. The van der Waals surface area contributed by atoms with Crippen molar-refractivity contribution in [2.45, 2.75) is 0 Å². The van der Waals surface area contributed by atoms with Gasteiger partial charge in [-0.2, -0.15) is 0 Å². The molecule has 102 valence electrons. The van der Waals surface area contributed by atoms with Crippen LogP contribution < -0.4 is 0 Å². The summed E-state index contributed by atoms with van der Waals surface area (Å²) in [6.07, 6.45) is 1.74. The molecule has 0 bridgehead atoms. The first kappa shape index (κ1) is 12.6. The lowest BCUT2D eigenvalue weighted by Gasteiger charge is -2.06. The molecule has 0 saturated heterocycles. The smallest absolute Gasteiger partial charge is 0.207 e. The second-order valence-corrected chi connectivity index (χ2v) is 5.57. The van der Waals surface area contributed by atoms with E-state index in [0.717, 1.165) is 16.4 Å². The monoisotopic (exact) mass is 312 g/mol. The van der Waals surface area contributed by atoms with Gasteiger partial charge in [-0.05, 0) is 30.3 Å². The number of hydrogen-bond donors (Lipinski definition) is 0. The number of para-hydroxylation sites is 2. The highest BCUT2D eigenvalue weighted by Crippen LogP contribution is 2.25. The maximum Gasteiger partial charge on any atom is 0.207 e. The van der Waals surface area contributed by atoms with Crippen LogP contribution in [-0.2, 0) is 0 Å². The molecule has 4 aromatic rings. The van der Waals surface area contributed by atoms with Crippen molar-refractivity contribution in [1.29, 1.82) is 0 Å². The van der Waals surface area contributed by atoms with Crippen LogP contribution in [0.1, 0.15) is 0 Å². The molecule has 2 aromatic heterocycles. The lowest BCUT2D eigenvalue weighted by atomic mass is 10.2. The van der Waals surface area contributed by atoms with Crippen LogP contribution in [0.4, 0.5) is 0 Å². The topological polar surface area (TPSA) is 31.0 Å². The Morgan fingerprint density at radius 3 is 2.86 bits per heavy atom. The predicted octanol–water partition coefficient (Wildman–Crippen LogP) is 5.15. The van der Waals surface area contributed by atoms with E-state index < -0.39 is 0 Å². The number of hydrogen-bond acceptors (Lipinski definition) is 3. The van der Waals surface area contributed by atoms with Gasteiger partial charge in [0.25, 0.3) is 0 Å². The number of halogens is 1. The Kier molecular flexibility index (Phi) is 2.80. The highest BCUT2D eigenvalue weighted by molar-refractivity contribution is 7.71. The lowest BCUT2D eigenvalue weighted by Crippen LogP contribution is -1.92. The molecule has 0 spiro atoms. The minimum absolute atomic E-state index is 0.642. The molecule has 21 heavy (non-hydrogen) atoms. The molecule has 3 nitrogen and oxygen atoms in total. The Bertz CT molecular complexity index is 1040. The normalized spacial score (nSPS) is 11.3. The minimum Gasteiger partial charge on any atom is -0.440 e. The summed E-state index contributed by atoms with van der Waals surface area (Å²) in [5.74, 6) is 0.642. The van der Waals surface area contributed by atoms with E-state index in [4.69, 9.17) is 28.2 Å². The van der Waals surface area contributed by atoms with Crippen molar-refractivity contribution in [2.75, 3.05) is 0 Å². The van der Waals surface area contributed by atoms with Crippen LogP contribution in [0.15, 0.2) is 59.3 Å². The second kappa shape index (κ2) is 4.69. The van der Waals surface area contributed by atoms with E-state index in [-0.39, 0.29) is 0 Å². The zero-order valence-electron chi connectivity index (χ0n) is 10.8. The lowest BCUT2D eigenvalue weighted by molar-refractivity contribution is 0.572. The van der Waals surface area contributed by atoms with E-state index in [0.29, 0.717) is 21.0 Å². The van der Waals surface area contributed by atoms with Gasteiger partial charge in [0.2, 0.25) is 5.88 Å². The number of aromatic nitrogens is 2. The Balaban J connectivity index is 2.03. The highest BCUT2D eigenvalue weighted by atomic mass is 35.5. The third-order valence-electron chi connectivity index (χ3n) is 3.37. The maximum absolute atomic E-state index is 6.00. The van der Waals surface area contributed by atoms with E-state index in [2.05, 4.69) is 4.98 Å². The number of rotatable bonds is 1. The average Bonchev–Trinajstić information content (AvgIpc) is 2.92. The summed E-state index contributed by atoms with van der Waals surface area (Å²) in [6, 6.07) is 15.1. The standard InChI is InChI=1S/C16H9ClN2OS/c17-10-5-6-14-11(7-10)15(21)8-16(20-14)19-9-18-12-3-1-2-4-13(12)19/h1-9H. The van der Waals surface area contributed by atoms with Crippen molar-refractivity contribution in [1.82, 2.24) is 9.55 Å². The van der Waals surface area contributed by atoms with Gasteiger partial charge in [0.15, 0.2) is 0 Å². The van der Waals surface area contributed by atoms with E-state index in [1.807, 2.05) is 47.0 Å². The molecule has 0 aliphatic rings. The van der Waals surface area contributed by atoms with Gasteiger partial charge >= 0.3 is 0 Å². The molecular weight excluding hydrogens is 304 g/mol. The molecule has 5 heteroatoms. The summed E-state index contributed by atoms with van der Waals surface area (Å²) in [6.45, 7) is 0. The van der Waals surface area contributed by atoms with Crippen LogP contribution >= 0.6 is 23.8 Å². The summed E-state index contributed by atoms with van der Waals surface area (Å²) in [4.78, 5) is 4.37. The van der Waals surface area contributed by atoms with Crippen LogP contribution in [0.25, 0.3) is 27.9 Å². The zero-order valence-corrected chi connectivity index (χ0v) is 12.4. The van der Waals surface area contributed by atoms with E-state index in [9.17, 15) is 0 Å². The highest BCUT2D eigenvalue weighted by Gasteiger charge is 2.08. The molecule has 0 radical (unpaired) electrons. The van der Waals surface area contributed by atoms with Crippen LogP contribution in [0.5, 0.6) is 0 Å². The molecule has 0 amide bonds. The first-order chi connectivity index (χ1) is 10.2. The molecule has 4 rings (SSSR count). The van der Waals surface area contributed by atoms with Gasteiger partial charge in [-0.15, -0.1) is 0 Å². The van der Waals surface area contributed by atoms with Gasteiger partial charge in [-0.25, -0.2) is 4.98 Å². The summed E-state index contributed by atoms with van der Waals surface area (Å²) in [7, 11) is 0. The minimum atomic E-state index is 0.642. The van der Waals surface area contributed by atoms with Crippen molar-refractivity contribution in [3.8, 4) is 5.88 Å². The Morgan fingerprint density at radius 2 is 1.95 bits per heavy atom. The molecule has 0 N–H and O–H groups in total. The van der Waals surface area contributed by atoms with Gasteiger partial charge in [-0.1, -0.05) is 36.0 Å². The van der Waals surface area contributed by atoms with E-state index in [1.54, 1.807) is 12.4 Å². The molecule has 0 aliphatic carbocycles. The Hall–Kier alpha value is -2.17. The number of imidazole rings is 1. The fraction of sp³-hybridized carbons (Fsp3) is 0. The molecule has 0 atom stereocenters. The number of nitrogens with zero attached hydrogens (tertiary/aromatic N) is 2. The maximum atomic E-state index is 6.00. The molecule has 0 unspecified atom stereocenters. The average molecular weight is 313 g/mol. The quantitative estimate of drug-likeness (QED) is 0.455. The number of benzene rings is 2. The fourth-order valence-electron chi connectivity index (χ4n) is 2.37. The number of fused-ring (bicyclic) bond motifs is 2. The third-order valence-corrected chi connectivity index (χ3v) is 3.94. The first-order valence-corrected chi connectivity index (χ1v) is 7.17. The van der Waals surface area contributed by atoms with Crippen molar-refractivity contribution < 1.29 is 4.42 Å². The van der Waals surface area contributed by atoms with Crippen LogP contribution in [-0.4, -0.2) is 9.55 Å². The zero-order chi connectivity index (χ0) is 14.4. The van der Waals surface area contributed by atoms with Crippen molar-refractivity contribution >= 4 is 45.8 Å². The Morgan fingerprint density at radius 1 is 1.10 bits per heavy atom. The van der Waals surface area contributed by atoms with Gasteiger partial charge in [-0.3, -0.25) is 4.57 Å². The second-order valence-electron chi connectivity index (χ2n) is 4.69. The van der Waals surface area contributed by atoms with Gasteiger partial charge in [0, 0.05) is 16.5 Å². The summed E-state index contributed by atoms with van der Waals surface area (Å²) in [5, 5.41) is 1.48. The van der Waals surface area contributed by atoms with Crippen LogP contribution in [0.2, 0.25) is 5.02 Å². The van der Waals surface area contributed by atoms with Gasteiger partial charge < -0.3 is 4.42 Å². The molecule has 0 saturated carbocycles. The largest absolute Gasteiger partial charge is 0.440 e. The first-order valence-electron chi connectivity index (χ1n) is 6.38. The SMILES string of the molecule is S=c1cc(-n2cnc3ccccc32)oc2ccc(Cl)cc12. The summed E-state index contributed by atoms with van der Waals surface area (Å²) < 4.78 is 8.54. The van der Waals surface area contributed by atoms with Gasteiger partial charge in [0.1, 0.15) is 11.9 Å². The fourth-order valence-corrected chi connectivity index (χ4v) is 2.80. The molecular formula is C16H9ClN2OS. The van der Waals surface area contributed by atoms with Crippen LogP contribution in [0.3, 0.4) is 0 Å². The molecule has 0 aliphatic heterocycles. The van der Waals surface area contributed by atoms with E-state index in [1.165, 1.54) is 0 Å².